The van der Waals surface area contributed by atoms with Gasteiger partial charge in [-0.15, -0.1) is 0 Å². The lowest BCUT2D eigenvalue weighted by Crippen LogP contribution is -1.95. The van der Waals surface area contributed by atoms with Crippen molar-refractivity contribution in [2.45, 2.75) is 19.8 Å². The lowest BCUT2D eigenvalue weighted by Gasteiger charge is -2.10. The van der Waals surface area contributed by atoms with Gasteiger partial charge in [0, 0.05) is 5.56 Å². The Morgan fingerprint density at radius 1 is 0.941 bits per heavy atom. The van der Waals surface area contributed by atoms with Crippen LogP contribution in [-0.4, -0.2) is 6.29 Å². The van der Waals surface area contributed by atoms with Crippen LogP contribution in [0.2, 0.25) is 0 Å². The summed E-state index contributed by atoms with van der Waals surface area (Å²) in [7, 11) is 0. The van der Waals surface area contributed by atoms with Gasteiger partial charge in [0.15, 0.2) is 0 Å². The second-order valence-electron chi connectivity index (χ2n) is 4.48. The Morgan fingerprint density at radius 3 is 2.24 bits per heavy atom. The van der Waals surface area contributed by atoms with Crippen molar-refractivity contribution in [3.8, 4) is 11.1 Å². The molecule has 0 spiro atoms. The molecule has 86 valence electrons. The van der Waals surface area contributed by atoms with Crippen molar-refractivity contribution in [1.29, 1.82) is 0 Å². The summed E-state index contributed by atoms with van der Waals surface area (Å²) in [4.78, 5) is 11.1. The first-order valence-electron chi connectivity index (χ1n) is 5.87. The molecule has 0 aromatic heterocycles. The van der Waals surface area contributed by atoms with E-state index in [0.717, 1.165) is 28.5 Å². The topological polar surface area (TPSA) is 17.1 Å². The van der Waals surface area contributed by atoms with Crippen LogP contribution in [-0.2, 0) is 0 Å². The van der Waals surface area contributed by atoms with Gasteiger partial charge in [-0.25, -0.2) is 0 Å². The first-order valence-corrected chi connectivity index (χ1v) is 5.87. The minimum Gasteiger partial charge on any atom is -0.298 e. The number of hydrogen-bond donors (Lipinski definition) is 0. The molecule has 0 radical (unpaired) electrons. The lowest BCUT2D eigenvalue weighted by atomic mass is 9.94. The zero-order chi connectivity index (χ0) is 12.3. The summed E-state index contributed by atoms with van der Waals surface area (Å²) in [5.41, 5.74) is 4.14. The third kappa shape index (κ3) is 2.44. The Bertz CT molecular complexity index is 512. The number of hydrogen-bond acceptors (Lipinski definition) is 1. The maximum atomic E-state index is 11.1. The van der Waals surface area contributed by atoms with Gasteiger partial charge < -0.3 is 0 Å². The first-order chi connectivity index (χ1) is 8.22. The number of rotatable bonds is 3. The van der Waals surface area contributed by atoms with Gasteiger partial charge in [-0.05, 0) is 28.7 Å². The number of carbonyl (C=O) groups is 1. The maximum absolute atomic E-state index is 11.1. The Balaban J connectivity index is 2.49. The van der Waals surface area contributed by atoms with Crippen LogP contribution >= 0.6 is 0 Å². The summed E-state index contributed by atoms with van der Waals surface area (Å²) in [6.07, 6.45) is 0.946. The van der Waals surface area contributed by atoms with Crippen molar-refractivity contribution in [3.63, 3.8) is 0 Å². The molecule has 17 heavy (non-hydrogen) atoms. The van der Waals surface area contributed by atoms with Crippen molar-refractivity contribution < 1.29 is 4.79 Å². The van der Waals surface area contributed by atoms with E-state index in [-0.39, 0.29) is 0 Å². The molecule has 1 nitrogen and oxygen atoms in total. The molecule has 0 bridgehead atoms. The molecule has 0 saturated heterocycles. The molecule has 0 atom stereocenters. The third-order valence-corrected chi connectivity index (χ3v) is 2.94. The smallest absolute Gasteiger partial charge is 0.150 e. The van der Waals surface area contributed by atoms with Crippen LogP contribution in [0, 0.1) is 0 Å². The summed E-state index contributed by atoms with van der Waals surface area (Å²) < 4.78 is 0. The summed E-state index contributed by atoms with van der Waals surface area (Å²) in [5.74, 6) is 0.375. The Labute approximate surface area is 102 Å². The minimum atomic E-state index is 0.375. The van der Waals surface area contributed by atoms with Gasteiger partial charge >= 0.3 is 0 Å². The standard InChI is InChI=1S/C16H16O/c1-12(2)16-9-8-14(10-15(16)11-17)13-6-4-3-5-7-13/h3-12H,1-2H3. The molecule has 1 heteroatoms. The molecule has 0 aliphatic carbocycles. The second-order valence-corrected chi connectivity index (χ2v) is 4.48. The number of aldehydes is 1. The van der Waals surface area contributed by atoms with Gasteiger partial charge in [-0.1, -0.05) is 56.3 Å². The van der Waals surface area contributed by atoms with Gasteiger partial charge in [-0.2, -0.15) is 0 Å². The van der Waals surface area contributed by atoms with Crippen molar-refractivity contribution in [3.05, 3.63) is 59.7 Å². The minimum absolute atomic E-state index is 0.375. The second kappa shape index (κ2) is 4.96. The fourth-order valence-electron chi connectivity index (χ4n) is 2.01. The van der Waals surface area contributed by atoms with E-state index in [1.165, 1.54) is 0 Å². The van der Waals surface area contributed by atoms with E-state index < -0.39 is 0 Å². The van der Waals surface area contributed by atoms with Crippen LogP contribution in [0.25, 0.3) is 11.1 Å². The maximum Gasteiger partial charge on any atom is 0.150 e. The summed E-state index contributed by atoms with van der Waals surface area (Å²) in [6.45, 7) is 4.20. The van der Waals surface area contributed by atoms with Crippen molar-refractivity contribution in [2.24, 2.45) is 0 Å². The molecule has 2 rings (SSSR count). The van der Waals surface area contributed by atoms with E-state index in [9.17, 15) is 4.79 Å². The molecule has 0 amide bonds. The summed E-state index contributed by atoms with van der Waals surface area (Å²) >= 11 is 0. The zero-order valence-corrected chi connectivity index (χ0v) is 10.2. The van der Waals surface area contributed by atoms with Gasteiger partial charge in [0.25, 0.3) is 0 Å². The Morgan fingerprint density at radius 2 is 1.65 bits per heavy atom. The number of carbonyl (C=O) groups excluding carboxylic acids is 1. The predicted molar refractivity (Wildman–Crippen MR) is 71.4 cm³/mol. The quantitative estimate of drug-likeness (QED) is 0.711. The number of benzene rings is 2. The fourth-order valence-corrected chi connectivity index (χ4v) is 2.01. The van der Waals surface area contributed by atoms with Crippen LogP contribution in [0.4, 0.5) is 0 Å². The van der Waals surface area contributed by atoms with E-state index >= 15 is 0 Å². The Hall–Kier alpha value is -1.89. The summed E-state index contributed by atoms with van der Waals surface area (Å²) in [6, 6.07) is 16.2. The Kier molecular flexibility index (Phi) is 3.38. The van der Waals surface area contributed by atoms with Gasteiger partial charge in [0.1, 0.15) is 6.29 Å². The van der Waals surface area contributed by atoms with Crippen LogP contribution in [0.1, 0.15) is 35.7 Å². The van der Waals surface area contributed by atoms with Crippen LogP contribution in [0.15, 0.2) is 48.5 Å². The average Bonchev–Trinajstić information content (AvgIpc) is 2.39. The van der Waals surface area contributed by atoms with E-state index in [1.54, 1.807) is 0 Å². The average molecular weight is 224 g/mol. The van der Waals surface area contributed by atoms with Gasteiger partial charge in [0.2, 0.25) is 0 Å². The molecular weight excluding hydrogens is 208 g/mol. The molecule has 0 N–H and O–H groups in total. The molecule has 0 fully saturated rings. The van der Waals surface area contributed by atoms with Crippen molar-refractivity contribution >= 4 is 6.29 Å². The van der Waals surface area contributed by atoms with Crippen LogP contribution in [0.5, 0.6) is 0 Å². The molecular formula is C16H16O. The SMILES string of the molecule is CC(C)c1ccc(-c2ccccc2)cc1C=O. The van der Waals surface area contributed by atoms with Gasteiger partial charge in [-0.3, -0.25) is 4.79 Å². The third-order valence-electron chi connectivity index (χ3n) is 2.94. The van der Waals surface area contributed by atoms with E-state index in [0.29, 0.717) is 5.92 Å². The van der Waals surface area contributed by atoms with Crippen molar-refractivity contribution in [1.82, 2.24) is 0 Å². The van der Waals surface area contributed by atoms with Crippen LogP contribution in [0.3, 0.4) is 0 Å². The van der Waals surface area contributed by atoms with E-state index in [1.807, 2.05) is 24.3 Å². The fraction of sp³-hybridized carbons (Fsp3) is 0.188. The van der Waals surface area contributed by atoms with Gasteiger partial charge in [0.05, 0.1) is 0 Å². The first kappa shape index (κ1) is 11.6. The largest absolute Gasteiger partial charge is 0.298 e. The van der Waals surface area contributed by atoms with E-state index in [4.69, 9.17) is 0 Å². The zero-order valence-electron chi connectivity index (χ0n) is 10.2. The van der Waals surface area contributed by atoms with Crippen molar-refractivity contribution in [2.75, 3.05) is 0 Å². The molecule has 0 saturated carbocycles. The molecule has 0 aliphatic rings. The molecule has 2 aromatic carbocycles. The molecule has 2 aromatic rings. The molecule has 0 aliphatic heterocycles. The highest BCUT2D eigenvalue weighted by Crippen LogP contribution is 2.25. The normalized spacial score (nSPS) is 10.5. The summed E-state index contributed by atoms with van der Waals surface area (Å²) in [5, 5.41) is 0. The molecule has 0 heterocycles. The van der Waals surface area contributed by atoms with E-state index in [2.05, 4.69) is 38.1 Å². The highest BCUT2D eigenvalue weighted by atomic mass is 16.1. The lowest BCUT2D eigenvalue weighted by molar-refractivity contribution is 0.112. The molecule has 0 unspecified atom stereocenters. The highest BCUT2D eigenvalue weighted by Gasteiger charge is 2.07. The predicted octanol–water partition coefficient (Wildman–Crippen LogP) is 4.29. The highest BCUT2D eigenvalue weighted by molar-refractivity contribution is 5.81. The van der Waals surface area contributed by atoms with Crippen LogP contribution < -0.4 is 0 Å². The monoisotopic (exact) mass is 224 g/mol.